The van der Waals surface area contributed by atoms with Gasteiger partial charge in [-0.2, -0.15) is 9.61 Å². The van der Waals surface area contributed by atoms with Crippen LogP contribution in [-0.4, -0.2) is 41.5 Å². The van der Waals surface area contributed by atoms with Gasteiger partial charge in [0.15, 0.2) is 16.8 Å². The second-order valence-corrected chi connectivity index (χ2v) is 8.80. The zero-order valence-electron chi connectivity index (χ0n) is 19.1. The summed E-state index contributed by atoms with van der Waals surface area (Å²) in [6.07, 6.45) is 3.81. The van der Waals surface area contributed by atoms with Gasteiger partial charge < -0.3 is 9.72 Å². The molecule has 0 saturated heterocycles. The van der Waals surface area contributed by atoms with Crippen LogP contribution >= 0.6 is 11.6 Å². The molecule has 0 radical (unpaired) electrons. The van der Waals surface area contributed by atoms with Gasteiger partial charge in [0.2, 0.25) is 0 Å². The smallest absolute Gasteiger partial charge is 0.283 e. The molecule has 4 heterocycles. The lowest BCUT2D eigenvalue weighted by molar-refractivity contribution is 0.181. The molecule has 180 valence electrons. The summed E-state index contributed by atoms with van der Waals surface area (Å²) in [5.41, 5.74) is 4.49. The van der Waals surface area contributed by atoms with E-state index < -0.39 is 0 Å². The van der Waals surface area contributed by atoms with Gasteiger partial charge >= 0.3 is 0 Å². The Morgan fingerprint density at radius 1 is 1.11 bits per heavy atom. The Hall–Kier alpha value is -4.15. The van der Waals surface area contributed by atoms with Crippen molar-refractivity contribution in [3.8, 4) is 11.1 Å². The van der Waals surface area contributed by atoms with Crippen LogP contribution in [0.4, 0.5) is 4.39 Å². The molecule has 6 aromatic rings. The lowest BCUT2D eigenvalue weighted by Crippen LogP contribution is -2.23. The molecule has 36 heavy (non-hydrogen) atoms. The lowest BCUT2D eigenvalue weighted by Gasteiger charge is -2.06. The summed E-state index contributed by atoms with van der Waals surface area (Å²) in [6, 6.07) is 11.9. The van der Waals surface area contributed by atoms with E-state index in [-0.39, 0.29) is 23.5 Å². The molecule has 0 atom stereocenters. The number of aryl methyl sites for hydroxylation is 2. The first kappa shape index (κ1) is 22.3. The average Bonchev–Trinajstić information content (AvgIpc) is 3.45. The highest BCUT2D eigenvalue weighted by Crippen LogP contribution is 2.29. The van der Waals surface area contributed by atoms with E-state index in [1.807, 2.05) is 18.3 Å². The highest BCUT2D eigenvalue weighted by atomic mass is 35.5. The first-order valence-corrected chi connectivity index (χ1v) is 11.5. The van der Waals surface area contributed by atoms with Gasteiger partial charge in [0, 0.05) is 35.8 Å². The van der Waals surface area contributed by atoms with Crippen LogP contribution in [0.25, 0.3) is 38.8 Å². The number of halogens is 2. The molecule has 0 aliphatic carbocycles. The van der Waals surface area contributed by atoms with E-state index in [1.54, 1.807) is 25.3 Å². The van der Waals surface area contributed by atoms with E-state index in [0.29, 0.717) is 35.0 Å². The van der Waals surface area contributed by atoms with Gasteiger partial charge in [-0.25, -0.2) is 9.37 Å². The zero-order chi connectivity index (χ0) is 24.8. The van der Waals surface area contributed by atoms with Crippen molar-refractivity contribution in [3.05, 3.63) is 87.4 Å². The Labute approximate surface area is 208 Å². The van der Waals surface area contributed by atoms with Crippen LogP contribution in [0.1, 0.15) is 11.3 Å². The van der Waals surface area contributed by atoms with Crippen LogP contribution < -0.4 is 5.56 Å². The summed E-state index contributed by atoms with van der Waals surface area (Å²) in [4.78, 5) is 20.9. The Bertz CT molecular complexity index is 1810. The number of hydrogen-bond acceptors (Lipinski definition) is 6. The number of ether oxygens (including phenoxy) is 1. The minimum Gasteiger partial charge on any atom is -0.378 e. The zero-order valence-corrected chi connectivity index (χ0v) is 19.8. The first-order valence-electron chi connectivity index (χ1n) is 11.2. The number of nitrogens with one attached hydrogen (secondary N) is 1. The summed E-state index contributed by atoms with van der Waals surface area (Å²) in [5, 5.41) is 14.6. The third-order valence-corrected chi connectivity index (χ3v) is 6.39. The largest absolute Gasteiger partial charge is 0.378 e. The van der Waals surface area contributed by atoms with E-state index in [1.165, 1.54) is 27.5 Å². The minimum absolute atomic E-state index is 0.101. The number of H-pyrrole nitrogens is 1. The monoisotopic (exact) mass is 503 g/mol. The number of methoxy groups -OCH3 is 1. The number of rotatable bonds is 6. The molecule has 0 saturated carbocycles. The molecule has 9 nitrogen and oxygen atoms in total. The van der Waals surface area contributed by atoms with Crippen molar-refractivity contribution in [1.82, 2.24) is 34.3 Å². The summed E-state index contributed by atoms with van der Waals surface area (Å²) in [6.45, 7) is 0.583. The molecular weight excluding hydrogens is 485 g/mol. The molecular formula is C25H19ClFN7O2. The number of aromatic amines is 1. The Kier molecular flexibility index (Phi) is 5.46. The van der Waals surface area contributed by atoms with E-state index in [2.05, 4.69) is 25.3 Å². The van der Waals surface area contributed by atoms with Crippen molar-refractivity contribution in [2.24, 2.45) is 0 Å². The van der Waals surface area contributed by atoms with Crippen LogP contribution in [-0.2, 0) is 24.3 Å². The van der Waals surface area contributed by atoms with Crippen molar-refractivity contribution in [2.75, 3.05) is 7.11 Å². The van der Waals surface area contributed by atoms with Crippen molar-refractivity contribution >= 4 is 39.3 Å². The summed E-state index contributed by atoms with van der Waals surface area (Å²) in [5.74, 6) is -0.308. The molecule has 0 unspecified atom stereocenters. The van der Waals surface area contributed by atoms with E-state index in [0.717, 1.165) is 27.6 Å². The normalized spacial score (nSPS) is 11.8. The number of hydrogen-bond donors (Lipinski definition) is 1. The molecule has 0 fully saturated rings. The SMILES string of the molecule is COCc1nn2c(nnc3c(=O)n(CCc4c[nH]c5ccc(F)cc45)cnc32)c1-c1ccc(Cl)cc1. The number of benzene rings is 2. The van der Waals surface area contributed by atoms with E-state index in [9.17, 15) is 9.18 Å². The molecule has 1 N–H and O–H groups in total. The van der Waals surface area contributed by atoms with Gasteiger partial charge in [-0.15, -0.1) is 10.2 Å². The van der Waals surface area contributed by atoms with Crippen LogP contribution in [0, 0.1) is 5.82 Å². The second kappa shape index (κ2) is 8.81. The quantitative estimate of drug-likeness (QED) is 0.366. The van der Waals surface area contributed by atoms with Gasteiger partial charge in [-0.3, -0.25) is 9.36 Å². The fraction of sp³-hybridized carbons (Fsp3) is 0.160. The Morgan fingerprint density at radius 2 is 1.94 bits per heavy atom. The van der Waals surface area contributed by atoms with E-state index in [4.69, 9.17) is 16.3 Å². The maximum atomic E-state index is 13.7. The molecule has 2 aromatic carbocycles. The summed E-state index contributed by atoms with van der Waals surface area (Å²) < 4.78 is 22.0. The maximum absolute atomic E-state index is 13.7. The van der Waals surface area contributed by atoms with Crippen LogP contribution in [0.2, 0.25) is 5.02 Å². The standard InChI is InChI=1S/C25H19ClFN7O2/c1-36-12-20-21(14-2-4-16(26)5-3-14)23-31-30-22-24(34(23)32-20)29-13-33(25(22)35)9-8-15-11-28-19-7-6-17(27)10-18(15)19/h2-7,10-11,13,28H,8-9,12H2,1H3. The minimum atomic E-state index is -0.336. The third-order valence-electron chi connectivity index (χ3n) is 6.14. The topological polar surface area (TPSA) is 103 Å². The Morgan fingerprint density at radius 3 is 2.75 bits per heavy atom. The highest BCUT2D eigenvalue weighted by Gasteiger charge is 2.20. The van der Waals surface area contributed by atoms with Crippen molar-refractivity contribution in [1.29, 1.82) is 0 Å². The molecule has 0 bridgehead atoms. The number of aromatic nitrogens is 7. The predicted octanol–water partition coefficient (Wildman–Crippen LogP) is 4.16. The molecule has 0 spiro atoms. The molecule has 11 heteroatoms. The third kappa shape index (κ3) is 3.71. The van der Waals surface area contributed by atoms with Crippen molar-refractivity contribution < 1.29 is 9.13 Å². The van der Waals surface area contributed by atoms with Gasteiger partial charge in [0.05, 0.1) is 17.9 Å². The predicted molar refractivity (Wildman–Crippen MR) is 133 cm³/mol. The van der Waals surface area contributed by atoms with Crippen LogP contribution in [0.3, 0.4) is 0 Å². The molecule has 0 aliphatic rings. The van der Waals surface area contributed by atoms with Gasteiger partial charge in [0.25, 0.3) is 5.56 Å². The average molecular weight is 504 g/mol. The maximum Gasteiger partial charge on any atom is 0.283 e. The highest BCUT2D eigenvalue weighted by molar-refractivity contribution is 6.30. The molecule has 6 rings (SSSR count). The van der Waals surface area contributed by atoms with Crippen LogP contribution in [0.15, 0.2) is 59.8 Å². The summed E-state index contributed by atoms with van der Waals surface area (Å²) in [7, 11) is 1.58. The fourth-order valence-corrected chi connectivity index (χ4v) is 4.54. The Balaban J connectivity index is 1.41. The fourth-order valence-electron chi connectivity index (χ4n) is 4.41. The molecule has 0 aliphatic heterocycles. The van der Waals surface area contributed by atoms with Gasteiger partial charge in [0.1, 0.15) is 12.1 Å². The lowest BCUT2D eigenvalue weighted by atomic mass is 10.1. The number of fused-ring (bicyclic) bond motifs is 4. The van der Waals surface area contributed by atoms with Crippen molar-refractivity contribution in [3.63, 3.8) is 0 Å². The molecule has 4 aromatic heterocycles. The first-order chi connectivity index (χ1) is 17.5. The van der Waals surface area contributed by atoms with Gasteiger partial charge in [-0.05, 0) is 47.9 Å². The van der Waals surface area contributed by atoms with Crippen LogP contribution in [0.5, 0.6) is 0 Å². The van der Waals surface area contributed by atoms with Gasteiger partial charge in [-0.1, -0.05) is 23.7 Å². The van der Waals surface area contributed by atoms with E-state index >= 15 is 0 Å². The number of nitrogens with zero attached hydrogens (tertiary/aromatic N) is 6. The second-order valence-electron chi connectivity index (χ2n) is 8.37. The molecule has 0 amide bonds. The summed E-state index contributed by atoms with van der Waals surface area (Å²) >= 11 is 6.06. The van der Waals surface area contributed by atoms with Crippen molar-refractivity contribution in [2.45, 2.75) is 19.6 Å².